The molecule has 0 spiro atoms. The quantitative estimate of drug-likeness (QED) is 0.719. The molecular formula is C17H13Cl2N3O2. The van der Waals surface area contributed by atoms with Crippen LogP contribution < -0.4 is 5.32 Å². The number of rotatable bonds is 3. The van der Waals surface area contributed by atoms with E-state index in [1.54, 1.807) is 25.1 Å². The Hall–Kier alpha value is -2.37. The molecule has 2 aromatic carbocycles. The maximum absolute atomic E-state index is 12.3. The van der Waals surface area contributed by atoms with Crippen LogP contribution in [-0.2, 0) is 0 Å². The normalized spacial score (nSPS) is 10.7. The van der Waals surface area contributed by atoms with Crippen LogP contribution in [0.2, 0.25) is 10.0 Å². The van der Waals surface area contributed by atoms with Crippen LogP contribution in [0.5, 0.6) is 0 Å². The Balaban J connectivity index is 1.82. The highest BCUT2D eigenvalue weighted by atomic mass is 35.5. The monoisotopic (exact) mass is 361 g/mol. The largest absolute Gasteiger partial charge is 0.339 e. The van der Waals surface area contributed by atoms with Gasteiger partial charge in [-0.3, -0.25) is 4.79 Å². The molecular weight excluding hydrogens is 349 g/mol. The summed E-state index contributed by atoms with van der Waals surface area (Å²) in [5.41, 5.74) is 2.82. The van der Waals surface area contributed by atoms with Gasteiger partial charge in [0.1, 0.15) is 0 Å². The Morgan fingerprint density at radius 3 is 2.50 bits per heavy atom. The maximum Gasteiger partial charge on any atom is 0.255 e. The molecule has 3 rings (SSSR count). The van der Waals surface area contributed by atoms with Crippen LogP contribution in [0.25, 0.3) is 11.4 Å². The minimum Gasteiger partial charge on any atom is -0.339 e. The van der Waals surface area contributed by atoms with E-state index in [1.165, 1.54) is 6.07 Å². The van der Waals surface area contributed by atoms with Gasteiger partial charge in [0.25, 0.3) is 5.91 Å². The minimum atomic E-state index is -0.264. The number of carbonyl (C=O) groups is 1. The average molecular weight is 362 g/mol. The number of aryl methyl sites for hydroxylation is 2. The number of hydrogen-bond acceptors (Lipinski definition) is 4. The number of amides is 1. The molecule has 0 saturated carbocycles. The van der Waals surface area contributed by atoms with Crippen molar-refractivity contribution in [1.29, 1.82) is 0 Å². The lowest BCUT2D eigenvalue weighted by Crippen LogP contribution is -2.12. The van der Waals surface area contributed by atoms with Gasteiger partial charge in [0, 0.05) is 23.7 Å². The van der Waals surface area contributed by atoms with Crippen LogP contribution in [0.3, 0.4) is 0 Å². The topological polar surface area (TPSA) is 68.0 Å². The molecule has 0 bridgehead atoms. The first-order valence-corrected chi connectivity index (χ1v) is 7.87. The van der Waals surface area contributed by atoms with Crippen molar-refractivity contribution in [2.45, 2.75) is 13.8 Å². The third-order valence-electron chi connectivity index (χ3n) is 3.44. The molecule has 24 heavy (non-hydrogen) atoms. The highest BCUT2D eigenvalue weighted by Crippen LogP contribution is 2.25. The molecule has 0 atom stereocenters. The summed E-state index contributed by atoms with van der Waals surface area (Å²) in [6.07, 6.45) is 0. The van der Waals surface area contributed by atoms with Gasteiger partial charge in [-0.2, -0.15) is 4.98 Å². The molecule has 1 N–H and O–H groups in total. The fourth-order valence-electron chi connectivity index (χ4n) is 2.19. The van der Waals surface area contributed by atoms with E-state index in [9.17, 15) is 4.79 Å². The number of carbonyl (C=O) groups excluding carboxylic acids is 1. The number of hydrogen-bond donors (Lipinski definition) is 1. The van der Waals surface area contributed by atoms with Gasteiger partial charge in [-0.05, 0) is 48.9 Å². The lowest BCUT2D eigenvalue weighted by atomic mass is 10.1. The Kier molecular flexibility index (Phi) is 4.55. The van der Waals surface area contributed by atoms with E-state index < -0.39 is 0 Å². The van der Waals surface area contributed by atoms with Crippen LogP contribution in [0.1, 0.15) is 21.8 Å². The Bertz CT molecular complexity index is 922. The molecule has 0 radical (unpaired) electrons. The molecule has 3 aromatic rings. The van der Waals surface area contributed by atoms with Crippen molar-refractivity contribution >= 4 is 34.8 Å². The summed E-state index contributed by atoms with van der Waals surface area (Å²) in [5, 5.41) is 7.48. The first kappa shape index (κ1) is 16.5. The number of anilines is 1. The molecule has 7 heteroatoms. The summed E-state index contributed by atoms with van der Waals surface area (Å²) in [4.78, 5) is 16.5. The second-order valence-electron chi connectivity index (χ2n) is 5.25. The summed E-state index contributed by atoms with van der Waals surface area (Å²) < 4.78 is 4.98. The van der Waals surface area contributed by atoms with E-state index >= 15 is 0 Å². The predicted octanol–water partition coefficient (Wildman–Crippen LogP) is 4.91. The third kappa shape index (κ3) is 3.42. The van der Waals surface area contributed by atoms with Gasteiger partial charge in [0.2, 0.25) is 11.7 Å². The molecule has 0 aliphatic carbocycles. The first-order valence-electron chi connectivity index (χ1n) is 7.12. The van der Waals surface area contributed by atoms with Crippen molar-refractivity contribution in [3.8, 4) is 11.4 Å². The summed E-state index contributed by atoms with van der Waals surface area (Å²) in [5.74, 6) is 0.748. The molecule has 0 unspecified atom stereocenters. The van der Waals surface area contributed by atoms with E-state index in [0.29, 0.717) is 33.0 Å². The molecule has 0 aliphatic heterocycles. The summed E-state index contributed by atoms with van der Waals surface area (Å²) >= 11 is 11.8. The van der Waals surface area contributed by atoms with Crippen molar-refractivity contribution in [3.63, 3.8) is 0 Å². The van der Waals surface area contributed by atoms with Crippen molar-refractivity contribution in [1.82, 2.24) is 10.1 Å². The van der Waals surface area contributed by atoms with Gasteiger partial charge in [-0.25, -0.2) is 0 Å². The van der Waals surface area contributed by atoms with E-state index in [-0.39, 0.29) is 5.91 Å². The van der Waals surface area contributed by atoms with E-state index in [0.717, 1.165) is 11.1 Å². The maximum atomic E-state index is 12.3. The van der Waals surface area contributed by atoms with Gasteiger partial charge in [-0.15, -0.1) is 0 Å². The van der Waals surface area contributed by atoms with Crippen molar-refractivity contribution in [2.24, 2.45) is 0 Å². The molecule has 1 heterocycles. The Labute approximate surface area is 148 Å². The number of benzene rings is 2. The zero-order valence-electron chi connectivity index (χ0n) is 12.9. The van der Waals surface area contributed by atoms with E-state index in [1.807, 2.05) is 19.1 Å². The Morgan fingerprint density at radius 2 is 1.88 bits per heavy atom. The van der Waals surface area contributed by atoms with E-state index in [4.69, 9.17) is 27.7 Å². The molecule has 0 aliphatic rings. The van der Waals surface area contributed by atoms with Crippen LogP contribution in [0.15, 0.2) is 40.9 Å². The summed E-state index contributed by atoms with van der Waals surface area (Å²) in [6.45, 7) is 3.62. The third-order valence-corrected chi connectivity index (χ3v) is 4.18. The molecule has 1 amide bonds. The fourth-order valence-corrected chi connectivity index (χ4v) is 2.49. The SMILES string of the molecule is Cc1nc(-c2ccc(NC(=O)c3ccc(Cl)c(Cl)c3)c(C)c2)no1. The van der Waals surface area contributed by atoms with Gasteiger partial charge >= 0.3 is 0 Å². The van der Waals surface area contributed by atoms with E-state index in [2.05, 4.69) is 15.5 Å². The van der Waals surface area contributed by atoms with Crippen molar-refractivity contribution in [2.75, 3.05) is 5.32 Å². The zero-order valence-corrected chi connectivity index (χ0v) is 14.4. The second-order valence-corrected chi connectivity index (χ2v) is 6.06. The van der Waals surface area contributed by atoms with Crippen LogP contribution >= 0.6 is 23.2 Å². The van der Waals surface area contributed by atoms with Crippen LogP contribution in [-0.4, -0.2) is 16.0 Å². The zero-order chi connectivity index (χ0) is 17.3. The number of nitrogens with zero attached hydrogens (tertiary/aromatic N) is 2. The van der Waals surface area contributed by atoms with Gasteiger partial charge in [-0.1, -0.05) is 28.4 Å². The number of halogens is 2. The minimum absolute atomic E-state index is 0.264. The van der Waals surface area contributed by atoms with Crippen LogP contribution in [0, 0.1) is 13.8 Å². The lowest BCUT2D eigenvalue weighted by Gasteiger charge is -2.10. The van der Waals surface area contributed by atoms with Crippen molar-refractivity contribution < 1.29 is 9.32 Å². The number of aromatic nitrogens is 2. The molecule has 0 saturated heterocycles. The Morgan fingerprint density at radius 1 is 1.08 bits per heavy atom. The standard InChI is InChI=1S/C17H13Cl2N3O2/c1-9-7-11(16-20-10(2)24-22-16)4-6-15(9)21-17(23)12-3-5-13(18)14(19)8-12/h3-8H,1-2H3,(H,21,23). The molecule has 1 aromatic heterocycles. The average Bonchev–Trinajstić information content (AvgIpc) is 2.98. The predicted molar refractivity (Wildman–Crippen MR) is 93.6 cm³/mol. The first-order chi connectivity index (χ1) is 11.4. The smallest absolute Gasteiger partial charge is 0.255 e. The second kappa shape index (κ2) is 6.63. The molecule has 122 valence electrons. The van der Waals surface area contributed by atoms with Gasteiger partial charge in [0.05, 0.1) is 10.0 Å². The van der Waals surface area contributed by atoms with Gasteiger partial charge < -0.3 is 9.84 Å². The van der Waals surface area contributed by atoms with Crippen LogP contribution in [0.4, 0.5) is 5.69 Å². The summed E-state index contributed by atoms with van der Waals surface area (Å²) in [6, 6.07) is 10.2. The molecule has 0 fully saturated rings. The highest BCUT2D eigenvalue weighted by Gasteiger charge is 2.12. The molecule has 5 nitrogen and oxygen atoms in total. The fraction of sp³-hybridized carbons (Fsp3) is 0.118. The lowest BCUT2D eigenvalue weighted by molar-refractivity contribution is 0.102. The van der Waals surface area contributed by atoms with Gasteiger partial charge in [0.15, 0.2) is 0 Å². The van der Waals surface area contributed by atoms with Crippen molar-refractivity contribution in [3.05, 3.63) is 63.5 Å². The highest BCUT2D eigenvalue weighted by molar-refractivity contribution is 6.42. The summed E-state index contributed by atoms with van der Waals surface area (Å²) in [7, 11) is 0. The number of nitrogens with one attached hydrogen (secondary N) is 1.